The zero-order chi connectivity index (χ0) is 15.4. The fraction of sp³-hybridized carbons (Fsp3) is 0. The van der Waals surface area contributed by atoms with Crippen LogP contribution >= 0.6 is 15.9 Å². The molecule has 9 heteroatoms. The molecular formula is C12H13BrN8. The highest BCUT2D eigenvalue weighted by Crippen LogP contribution is 2.21. The van der Waals surface area contributed by atoms with Crippen molar-refractivity contribution >= 4 is 27.6 Å². The number of amidine groups is 2. The Kier molecular flexibility index (Phi) is 4.33. The van der Waals surface area contributed by atoms with E-state index in [1.165, 1.54) is 0 Å². The third-order valence-corrected chi connectivity index (χ3v) is 3.06. The lowest BCUT2D eigenvalue weighted by molar-refractivity contribution is 1.16. The van der Waals surface area contributed by atoms with Crippen molar-refractivity contribution in [2.24, 2.45) is 33.4 Å². The van der Waals surface area contributed by atoms with E-state index in [9.17, 15) is 0 Å². The molecule has 0 unspecified atom stereocenters. The quantitative estimate of drug-likeness (QED) is 0.266. The van der Waals surface area contributed by atoms with Crippen molar-refractivity contribution in [1.82, 2.24) is 9.97 Å². The Balaban J connectivity index is 2.54. The summed E-state index contributed by atoms with van der Waals surface area (Å²) in [7, 11) is 0. The first-order chi connectivity index (χ1) is 10.0. The Bertz CT molecular complexity index is 725. The minimum absolute atomic E-state index is 0.122. The molecule has 8 nitrogen and oxygen atoms in total. The first-order valence-corrected chi connectivity index (χ1v) is 6.57. The van der Waals surface area contributed by atoms with Gasteiger partial charge >= 0.3 is 0 Å². The van der Waals surface area contributed by atoms with Crippen LogP contribution in [0.15, 0.2) is 45.0 Å². The van der Waals surface area contributed by atoms with Gasteiger partial charge in [0.1, 0.15) is 11.4 Å². The Morgan fingerprint density at radius 3 is 2.19 bits per heavy atom. The lowest BCUT2D eigenvalue weighted by atomic mass is 10.2. The number of hydrogen-bond donors (Lipinski definition) is 4. The fourth-order valence-corrected chi connectivity index (χ4v) is 2.05. The van der Waals surface area contributed by atoms with E-state index in [-0.39, 0.29) is 11.7 Å². The number of nitrogens with zero attached hydrogens (tertiary/aromatic N) is 4. The summed E-state index contributed by atoms with van der Waals surface area (Å²) in [5.41, 5.74) is 13.4. The second kappa shape index (κ2) is 6.18. The normalized spacial score (nSPS) is 12.4. The lowest BCUT2D eigenvalue weighted by Crippen LogP contribution is -2.18. The van der Waals surface area contributed by atoms with Crippen LogP contribution in [0.25, 0.3) is 11.4 Å². The maximum absolute atomic E-state index is 5.68. The van der Waals surface area contributed by atoms with Crippen molar-refractivity contribution in [2.45, 2.75) is 0 Å². The summed E-state index contributed by atoms with van der Waals surface area (Å²) >= 11 is 3.38. The Morgan fingerprint density at radius 1 is 0.905 bits per heavy atom. The van der Waals surface area contributed by atoms with Crippen LogP contribution in [0.4, 0.5) is 0 Å². The number of rotatable bonds is 3. The molecule has 0 aliphatic rings. The Morgan fingerprint density at radius 2 is 1.52 bits per heavy atom. The number of hydrogen-bond acceptors (Lipinski definition) is 6. The zero-order valence-corrected chi connectivity index (χ0v) is 12.4. The van der Waals surface area contributed by atoms with E-state index in [0.717, 1.165) is 4.47 Å². The first-order valence-electron chi connectivity index (χ1n) is 5.77. The molecule has 21 heavy (non-hydrogen) atoms. The predicted octanol–water partition coefficient (Wildman–Crippen LogP) is 0.0641. The molecule has 0 fully saturated rings. The molecule has 0 bridgehead atoms. The molecule has 0 saturated heterocycles. The van der Waals surface area contributed by atoms with Gasteiger partial charge in [-0.2, -0.15) is 10.2 Å². The zero-order valence-electron chi connectivity index (χ0n) is 10.9. The van der Waals surface area contributed by atoms with Gasteiger partial charge in [-0.25, -0.2) is 9.97 Å². The number of nitrogens with two attached hydrogens (primary N) is 4. The minimum Gasteiger partial charge on any atom is -0.380 e. The van der Waals surface area contributed by atoms with Crippen LogP contribution in [0.3, 0.4) is 0 Å². The summed E-state index contributed by atoms with van der Waals surface area (Å²) in [6, 6.07) is 8.74. The minimum atomic E-state index is 0.122. The molecule has 0 amide bonds. The number of aromatic nitrogens is 2. The van der Waals surface area contributed by atoms with Gasteiger partial charge in [-0.05, 0) is 24.3 Å². The van der Waals surface area contributed by atoms with Gasteiger partial charge in [0.15, 0.2) is 11.7 Å². The van der Waals surface area contributed by atoms with Gasteiger partial charge in [0.2, 0.25) is 0 Å². The first kappa shape index (κ1) is 14.7. The molecule has 0 radical (unpaired) electrons. The van der Waals surface area contributed by atoms with Gasteiger partial charge in [0.05, 0.1) is 11.4 Å². The van der Waals surface area contributed by atoms with Crippen LogP contribution in [0.2, 0.25) is 0 Å². The summed E-state index contributed by atoms with van der Waals surface area (Å²) in [6.07, 6.45) is 0. The third-order valence-electron chi connectivity index (χ3n) is 2.60. The topological polar surface area (TPSA) is 155 Å². The van der Waals surface area contributed by atoms with Crippen LogP contribution in [0.1, 0.15) is 11.4 Å². The SMILES string of the molecule is N/N=C(\N)c1cccc(-c2cc(Br)cc(/C(N)=N/N)n2)n1. The predicted molar refractivity (Wildman–Crippen MR) is 85.0 cm³/mol. The summed E-state index contributed by atoms with van der Waals surface area (Å²) in [5.74, 6) is 10.6. The van der Waals surface area contributed by atoms with E-state index in [0.29, 0.717) is 22.8 Å². The van der Waals surface area contributed by atoms with Gasteiger partial charge in [-0.15, -0.1) is 0 Å². The molecule has 0 saturated carbocycles. The van der Waals surface area contributed by atoms with Crippen LogP contribution in [0, 0.1) is 0 Å². The molecule has 108 valence electrons. The van der Waals surface area contributed by atoms with Crippen molar-refractivity contribution in [3.63, 3.8) is 0 Å². The molecule has 2 aromatic heterocycles. The van der Waals surface area contributed by atoms with Crippen molar-refractivity contribution in [2.75, 3.05) is 0 Å². The van der Waals surface area contributed by atoms with Crippen LogP contribution < -0.4 is 23.2 Å². The molecule has 0 aromatic carbocycles. The average Bonchev–Trinajstić information content (AvgIpc) is 2.52. The summed E-state index contributed by atoms with van der Waals surface area (Å²) in [6.45, 7) is 0. The van der Waals surface area contributed by atoms with E-state index in [1.54, 1.807) is 30.3 Å². The molecule has 2 rings (SSSR count). The number of pyridine rings is 2. The van der Waals surface area contributed by atoms with Gasteiger partial charge in [-0.3, -0.25) is 0 Å². The summed E-state index contributed by atoms with van der Waals surface area (Å²) < 4.78 is 0.766. The molecule has 2 heterocycles. The molecule has 0 aliphatic carbocycles. The van der Waals surface area contributed by atoms with Gasteiger partial charge < -0.3 is 23.2 Å². The van der Waals surface area contributed by atoms with Gasteiger partial charge in [0, 0.05) is 4.47 Å². The highest BCUT2D eigenvalue weighted by Gasteiger charge is 2.09. The van der Waals surface area contributed by atoms with E-state index in [4.69, 9.17) is 23.2 Å². The maximum atomic E-state index is 5.68. The van der Waals surface area contributed by atoms with Gasteiger partial charge in [-0.1, -0.05) is 22.0 Å². The second-order valence-electron chi connectivity index (χ2n) is 3.99. The van der Waals surface area contributed by atoms with E-state index in [1.807, 2.05) is 0 Å². The third kappa shape index (κ3) is 3.26. The summed E-state index contributed by atoms with van der Waals surface area (Å²) in [5, 5.41) is 6.85. The van der Waals surface area contributed by atoms with Crippen molar-refractivity contribution in [3.05, 3.63) is 46.2 Å². The largest absolute Gasteiger partial charge is 0.380 e. The van der Waals surface area contributed by atoms with Crippen LogP contribution in [-0.4, -0.2) is 21.6 Å². The maximum Gasteiger partial charge on any atom is 0.169 e. The van der Waals surface area contributed by atoms with E-state index in [2.05, 4.69) is 36.1 Å². The van der Waals surface area contributed by atoms with Crippen molar-refractivity contribution < 1.29 is 0 Å². The monoisotopic (exact) mass is 348 g/mol. The molecule has 0 aliphatic heterocycles. The number of hydrazone groups is 2. The number of halogens is 1. The molecule has 0 atom stereocenters. The molecule has 2 aromatic rings. The average molecular weight is 349 g/mol. The van der Waals surface area contributed by atoms with E-state index >= 15 is 0 Å². The van der Waals surface area contributed by atoms with Crippen molar-refractivity contribution in [3.8, 4) is 11.4 Å². The van der Waals surface area contributed by atoms with Crippen LogP contribution in [0.5, 0.6) is 0 Å². The lowest BCUT2D eigenvalue weighted by Gasteiger charge is -2.06. The van der Waals surface area contributed by atoms with Crippen molar-refractivity contribution in [1.29, 1.82) is 0 Å². The fourth-order valence-electron chi connectivity index (χ4n) is 1.61. The summed E-state index contributed by atoms with van der Waals surface area (Å²) in [4.78, 5) is 8.71. The second-order valence-corrected chi connectivity index (χ2v) is 4.91. The standard InChI is InChI=1S/C12H13BrN8/c13-6-4-9(19-10(5-6)12(15)21-17)7-2-1-3-8(18-7)11(14)20-16/h1-5H,16-17H2,(H2,14,20)(H2,15,21). The Hall–Kier alpha value is -2.68. The molecular weight excluding hydrogens is 336 g/mol. The highest BCUT2D eigenvalue weighted by atomic mass is 79.9. The Labute approximate surface area is 129 Å². The molecule has 0 spiro atoms. The molecule has 8 N–H and O–H groups in total. The van der Waals surface area contributed by atoms with Crippen LogP contribution in [-0.2, 0) is 0 Å². The van der Waals surface area contributed by atoms with Gasteiger partial charge in [0.25, 0.3) is 0 Å². The smallest absolute Gasteiger partial charge is 0.169 e. The highest BCUT2D eigenvalue weighted by molar-refractivity contribution is 9.10. The van der Waals surface area contributed by atoms with E-state index < -0.39 is 0 Å².